The highest BCUT2D eigenvalue weighted by molar-refractivity contribution is 5.92. The smallest absolute Gasteiger partial charge is 0.341 e. The Balaban J connectivity index is 1.58. The van der Waals surface area contributed by atoms with E-state index in [1.807, 2.05) is 0 Å². The second kappa shape index (κ2) is 17.6. The molecule has 0 aliphatic rings. The van der Waals surface area contributed by atoms with Crippen LogP contribution < -0.4 is 0 Å². The minimum atomic E-state index is -1.77. The lowest BCUT2D eigenvalue weighted by Gasteiger charge is -2.11. The van der Waals surface area contributed by atoms with E-state index in [0.29, 0.717) is 25.7 Å². The van der Waals surface area contributed by atoms with E-state index in [-0.39, 0.29) is 13.2 Å². The van der Waals surface area contributed by atoms with E-state index in [1.165, 1.54) is 0 Å². The van der Waals surface area contributed by atoms with Crippen LogP contribution in [0.4, 0.5) is 37.7 Å². The average Bonchev–Trinajstić information content (AvgIpc) is 2.99. The molecule has 0 aliphatic heterocycles. The van der Waals surface area contributed by atoms with Gasteiger partial charge in [0.05, 0.1) is 13.2 Å². The van der Waals surface area contributed by atoms with Crippen LogP contribution in [-0.4, -0.2) is 25.2 Å². The van der Waals surface area contributed by atoms with Crippen LogP contribution in [0.5, 0.6) is 0 Å². The van der Waals surface area contributed by atoms with Crippen LogP contribution in [0, 0.1) is 48.8 Å². The van der Waals surface area contributed by atoms with E-state index in [4.69, 9.17) is 20.5 Å². The van der Waals surface area contributed by atoms with E-state index < -0.39 is 80.5 Å². The number of hydrogen-bond acceptors (Lipinski definition) is 6. The van der Waals surface area contributed by atoms with Crippen molar-refractivity contribution >= 4 is 23.3 Å². The van der Waals surface area contributed by atoms with E-state index in [2.05, 4.69) is 20.1 Å². The fourth-order valence-corrected chi connectivity index (χ4v) is 4.37. The number of carbonyl (C=O) groups excluding carboxylic acids is 2. The van der Waals surface area contributed by atoms with Gasteiger partial charge in [0.1, 0.15) is 34.1 Å². The lowest BCUT2D eigenvalue weighted by molar-refractivity contribution is 0.0479. The molecular weight excluding hydrogens is 598 g/mol. The summed E-state index contributed by atoms with van der Waals surface area (Å²) in [5, 5.41) is 5.56. The highest BCUT2D eigenvalue weighted by atomic mass is 19.2. The van der Waals surface area contributed by atoms with Gasteiger partial charge in [-0.15, -0.1) is 0 Å². The molecule has 238 valence electrons. The van der Waals surface area contributed by atoms with Crippen molar-refractivity contribution in [3.8, 4) is 0 Å². The number of nitrogens with zero attached hydrogens (tertiary/aromatic N) is 6. The standard InChI is InChI=1S/C28H30F6N6O4/c1-15-17(21(31)23(33)25(19(15)29)37-39-35)27(41)43-13-11-9-7-5-3-4-6-8-10-12-14-44-28(42)18-16(2)20(30)26(38-40-36)24(34)22(18)32/h3-14H2,1-2H3. The number of benzene rings is 2. The predicted octanol–water partition coefficient (Wildman–Crippen LogP) is 9.94. The zero-order valence-corrected chi connectivity index (χ0v) is 24.1. The number of halogens is 6. The van der Waals surface area contributed by atoms with Crippen molar-refractivity contribution in [1.82, 2.24) is 0 Å². The number of ether oxygens (including phenoxy) is 2. The molecule has 16 heteroatoms. The van der Waals surface area contributed by atoms with Crippen molar-refractivity contribution in [3.05, 3.63) is 78.0 Å². The van der Waals surface area contributed by atoms with Gasteiger partial charge in [0.25, 0.3) is 0 Å². The van der Waals surface area contributed by atoms with Gasteiger partial charge in [-0.1, -0.05) is 61.6 Å². The third kappa shape index (κ3) is 9.04. The number of azide groups is 2. The molecule has 0 fully saturated rings. The molecule has 0 saturated carbocycles. The molecule has 2 aromatic rings. The van der Waals surface area contributed by atoms with Gasteiger partial charge in [-0.25, -0.2) is 35.9 Å². The van der Waals surface area contributed by atoms with E-state index >= 15 is 0 Å². The van der Waals surface area contributed by atoms with E-state index in [0.717, 1.165) is 52.4 Å². The second-order valence-electron chi connectivity index (χ2n) is 9.77. The normalized spacial score (nSPS) is 10.6. The van der Waals surface area contributed by atoms with E-state index in [1.54, 1.807) is 0 Å². The highest BCUT2D eigenvalue weighted by Crippen LogP contribution is 2.32. The SMILES string of the molecule is Cc1c(F)c(N=[N+]=[N-])c(F)c(F)c1C(=O)OCCCCCCCCCCCCOC(=O)c1c(C)c(F)c(N=[N+]=[N-])c(F)c1F. The van der Waals surface area contributed by atoms with Crippen molar-refractivity contribution in [2.75, 3.05) is 13.2 Å². The molecule has 0 aromatic heterocycles. The minimum Gasteiger partial charge on any atom is -0.462 e. The summed E-state index contributed by atoms with van der Waals surface area (Å²) in [5.41, 5.74) is 11.6. The lowest BCUT2D eigenvalue weighted by Crippen LogP contribution is -2.13. The number of esters is 2. The first-order chi connectivity index (χ1) is 21.0. The van der Waals surface area contributed by atoms with Crippen LogP contribution in [0.3, 0.4) is 0 Å². The van der Waals surface area contributed by atoms with Gasteiger partial charge in [0.2, 0.25) is 0 Å². The van der Waals surface area contributed by atoms with Crippen molar-refractivity contribution < 1.29 is 45.4 Å². The average molecular weight is 629 g/mol. The molecule has 0 radical (unpaired) electrons. The summed E-state index contributed by atoms with van der Waals surface area (Å²) in [7, 11) is 0. The number of rotatable bonds is 17. The largest absolute Gasteiger partial charge is 0.462 e. The molecule has 0 amide bonds. The molecule has 44 heavy (non-hydrogen) atoms. The Bertz CT molecular complexity index is 1310. The van der Waals surface area contributed by atoms with Gasteiger partial charge in [0, 0.05) is 21.0 Å². The molecule has 10 nitrogen and oxygen atoms in total. The molecule has 2 aromatic carbocycles. The zero-order valence-electron chi connectivity index (χ0n) is 24.1. The second-order valence-corrected chi connectivity index (χ2v) is 9.77. The van der Waals surface area contributed by atoms with Crippen LogP contribution in [-0.2, 0) is 9.47 Å². The number of unbranched alkanes of at least 4 members (excludes halogenated alkanes) is 9. The van der Waals surface area contributed by atoms with Crippen LogP contribution in [0.25, 0.3) is 20.9 Å². The van der Waals surface area contributed by atoms with Crippen molar-refractivity contribution in [1.29, 1.82) is 0 Å². The van der Waals surface area contributed by atoms with Crippen molar-refractivity contribution in [3.63, 3.8) is 0 Å². The van der Waals surface area contributed by atoms with Gasteiger partial charge in [-0.3, -0.25) is 0 Å². The summed E-state index contributed by atoms with van der Waals surface area (Å²) in [6.07, 6.45) is 7.73. The van der Waals surface area contributed by atoms with Crippen LogP contribution in [0.15, 0.2) is 10.2 Å². The zero-order chi connectivity index (χ0) is 32.8. The van der Waals surface area contributed by atoms with Gasteiger partial charge in [0.15, 0.2) is 23.3 Å². The molecule has 0 unspecified atom stereocenters. The van der Waals surface area contributed by atoms with Crippen molar-refractivity contribution in [2.45, 2.75) is 78.1 Å². The monoisotopic (exact) mass is 628 g/mol. The molecule has 0 aliphatic carbocycles. The molecule has 0 heterocycles. The quantitative estimate of drug-likeness (QED) is 0.0326. The summed E-state index contributed by atoms with van der Waals surface area (Å²) in [4.78, 5) is 28.8. The Morgan fingerprint density at radius 1 is 0.545 bits per heavy atom. The molecule has 2 rings (SSSR count). The minimum absolute atomic E-state index is 0.0687. The molecule has 0 N–H and O–H groups in total. The van der Waals surface area contributed by atoms with Gasteiger partial charge in [-0.2, -0.15) is 0 Å². The summed E-state index contributed by atoms with van der Waals surface area (Å²) in [6.45, 7) is 1.96. The Hall–Kier alpha value is -4.42. The van der Waals surface area contributed by atoms with Gasteiger partial charge < -0.3 is 9.47 Å². The maximum atomic E-state index is 14.2. The van der Waals surface area contributed by atoms with E-state index in [9.17, 15) is 35.9 Å². The molecule has 0 saturated heterocycles. The molecule has 0 bridgehead atoms. The first-order valence-corrected chi connectivity index (χ1v) is 13.8. The Labute approximate surface area is 248 Å². The maximum absolute atomic E-state index is 14.2. The van der Waals surface area contributed by atoms with Crippen LogP contribution in [0.2, 0.25) is 0 Å². The summed E-state index contributed by atoms with van der Waals surface area (Å²) >= 11 is 0. The third-order valence-electron chi connectivity index (χ3n) is 6.77. The third-order valence-corrected chi connectivity index (χ3v) is 6.77. The van der Waals surface area contributed by atoms with Crippen LogP contribution in [0.1, 0.15) is 96.1 Å². The first kappa shape index (κ1) is 35.8. The summed E-state index contributed by atoms with van der Waals surface area (Å²) < 4.78 is 94.6. The van der Waals surface area contributed by atoms with Gasteiger partial charge >= 0.3 is 11.9 Å². The molecule has 0 atom stereocenters. The first-order valence-electron chi connectivity index (χ1n) is 13.8. The fourth-order valence-electron chi connectivity index (χ4n) is 4.37. The topological polar surface area (TPSA) is 150 Å². The highest BCUT2D eigenvalue weighted by Gasteiger charge is 2.28. The molecular formula is C28H30F6N6O4. The Morgan fingerprint density at radius 3 is 1.14 bits per heavy atom. The Kier molecular flexibility index (Phi) is 14.3. The predicted molar refractivity (Wildman–Crippen MR) is 146 cm³/mol. The van der Waals surface area contributed by atoms with Gasteiger partial charge in [-0.05, 0) is 37.8 Å². The summed E-state index contributed by atoms with van der Waals surface area (Å²) in [6, 6.07) is 0. The van der Waals surface area contributed by atoms with Crippen LogP contribution >= 0.6 is 0 Å². The number of carbonyl (C=O) groups is 2. The molecule has 0 spiro atoms. The van der Waals surface area contributed by atoms with Crippen molar-refractivity contribution in [2.24, 2.45) is 10.2 Å². The maximum Gasteiger partial charge on any atom is 0.341 e. The Morgan fingerprint density at radius 2 is 0.841 bits per heavy atom. The summed E-state index contributed by atoms with van der Waals surface area (Å²) in [5.74, 6) is -11.9. The fraction of sp³-hybridized carbons (Fsp3) is 0.500. The number of hydrogen-bond donors (Lipinski definition) is 0. The lowest BCUT2D eigenvalue weighted by atomic mass is 10.1.